The number of allylic oxidation sites excluding steroid dienone is 5. The average Bonchev–Trinajstić information content (AvgIpc) is 2.25. The van der Waals surface area contributed by atoms with Crippen LogP contribution >= 0.6 is 9.24 Å². The van der Waals surface area contributed by atoms with Gasteiger partial charge in [-0.2, -0.15) is 0 Å². The molecule has 0 fully saturated rings. The summed E-state index contributed by atoms with van der Waals surface area (Å²) in [5.74, 6) is 0. The van der Waals surface area contributed by atoms with Crippen LogP contribution in [0.15, 0.2) is 54.6 Å². The maximum absolute atomic E-state index is 2.75. The molecule has 0 aliphatic carbocycles. The molecule has 0 nitrogen and oxygen atoms in total. The van der Waals surface area contributed by atoms with Crippen LogP contribution < -0.4 is 5.30 Å². The summed E-state index contributed by atoms with van der Waals surface area (Å²) in [6.07, 6.45) is 13.6. The van der Waals surface area contributed by atoms with Crippen LogP contribution in [0.4, 0.5) is 0 Å². The summed E-state index contributed by atoms with van der Waals surface area (Å²) < 4.78 is 0. The molecule has 0 saturated carbocycles. The van der Waals surface area contributed by atoms with E-state index in [2.05, 4.69) is 51.7 Å². The molecule has 0 spiro atoms. The third-order valence-corrected chi connectivity index (χ3v) is 2.53. The van der Waals surface area contributed by atoms with Crippen LogP contribution in [0.2, 0.25) is 0 Å². The average molecular weight is 216 g/mol. The monoisotopic (exact) mass is 216 g/mol. The van der Waals surface area contributed by atoms with Crippen LogP contribution in [0.3, 0.4) is 0 Å². The van der Waals surface area contributed by atoms with Gasteiger partial charge in [0.25, 0.3) is 0 Å². The maximum Gasteiger partial charge on any atom is -0.0163 e. The molecule has 1 rings (SSSR count). The highest BCUT2D eigenvalue weighted by atomic mass is 31.0. The van der Waals surface area contributed by atoms with Crippen molar-refractivity contribution in [3.63, 3.8) is 0 Å². The highest BCUT2D eigenvalue weighted by Gasteiger charge is 1.89. The molecule has 0 N–H and O–H groups in total. The van der Waals surface area contributed by atoms with E-state index in [1.54, 1.807) is 0 Å². The number of benzene rings is 1. The second-order valence-electron chi connectivity index (χ2n) is 3.22. The fourth-order valence-electron chi connectivity index (χ4n) is 1.20. The van der Waals surface area contributed by atoms with E-state index in [1.165, 1.54) is 10.9 Å². The minimum atomic E-state index is 0.976. The Labute approximate surface area is 94.6 Å². The lowest BCUT2D eigenvalue weighted by Gasteiger charge is -1.96. The van der Waals surface area contributed by atoms with E-state index in [0.29, 0.717) is 0 Å². The Morgan fingerprint density at radius 3 is 2.67 bits per heavy atom. The van der Waals surface area contributed by atoms with Crippen molar-refractivity contribution in [3.05, 3.63) is 60.2 Å². The van der Waals surface area contributed by atoms with Crippen molar-refractivity contribution in [1.82, 2.24) is 0 Å². The van der Waals surface area contributed by atoms with Gasteiger partial charge in [-0.1, -0.05) is 60.7 Å². The van der Waals surface area contributed by atoms with Crippen molar-refractivity contribution in [3.8, 4) is 0 Å². The summed E-state index contributed by atoms with van der Waals surface area (Å²) in [5, 5.41) is 1.24. The van der Waals surface area contributed by atoms with Gasteiger partial charge in [0.2, 0.25) is 0 Å². The summed E-state index contributed by atoms with van der Waals surface area (Å²) in [5.41, 5.74) is 1.27. The fraction of sp³-hybridized carbons (Fsp3) is 0.143. The van der Waals surface area contributed by atoms with Crippen molar-refractivity contribution in [1.29, 1.82) is 0 Å². The molecule has 1 aromatic rings. The van der Waals surface area contributed by atoms with E-state index in [-0.39, 0.29) is 0 Å². The second-order valence-corrected chi connectivity index (χ2v) is 3.84. The van der Waals surface area contributed by atoms with Crippen LogP contribution in [0, 0.1) is 0 Å². The topological polar surface area (TPSA) is 0 Å². The second kappa shape index (κ2) is 7.20. The molecule has 0 radical (unpaired) electrons. The molecule has 1 heteroatoms. The molecule has 1 atom stereocenters. The first-order chi connectivity index (χ1) is 7.34. The van der Waals surface area contributed by atoms with Crippen LogP contribution in [0.1, 0.15) is 18.9 Å². The van der Waals surface area contributed by atoms with Crippen molar-refractivity contribution in [2.45, 2.75) is 13.3 Å². The number of hydrogen-bond donors (Lipinski definition) is 0. The minimum Gasteiger partial charge on any atom is -0.105 e. The summed E-state index contributed by atoms with van der Waals surface area (Å²) in [7, 11) is 2.75. The number of hydrogen-bond acceptors (Lipinski definition) is 0. The lowest BCUT2D eigenvalue weighted by Crippen LogP contribution is -1.93. The Kier molecular flexibility index (Phi) is 5.73. The van der Waals surface area contributed by atoms with Gasteiger partial charge < -0.3 is 0 Å². The summed E-state index contributed by atoms with van der Waals surface area (Å²) in [6.45, 7) is 2.02. The Balaban J connectivity index is 2.48. The molecule has 0 amide bonds. The molecule has 1 unspecified atom stereocenters. The molecular weight excluding hydrogens is 199 g/mol. The highest BCUT2D eigenvalue weighted by molar-refractivity contribution is 7.27. The molecule has 78 valence electrons. The molecule has 0 aromatic heterocycles. The molecule has 15 heavy (non-hydrogen) atoms. The van der Waals surface area contributed by atoms with Gasteiger partial charge in [0, 0.05) is 0 Å². The minimum absolute atomic E-state index is 0.976. The Morgan fingerprint density at radius 1 is 1.13 bits per heavy atom. The predicted molar refractivity (Wildman–Crippen MR) is 73.4 cm³/mol. The zero-order valence-corrected chi connectivity index (χ0v) is 10.2. The van der Waals surface area contributed by atoms with E-state index in [0.717, 1.165) is 6.42 Å². The standard InChI is InChI=1S/C14H17P/c1-2-3-4-5-6-7-10-13-11-8-9-12-14(13)15/h2-5,7-12H,6,15H2,1H3/b3-2-,5-4-,10-7-. The van der Waals surface area contributed by atoms with Gasteiger partial charge in [0.15, 0.2) is 0 Å². The van der Waals surface area contributed by atoms with Gasteiger partial charge in [-0.15, -0.1) is 9.24 Å². The van der Waals surface area contributed by atoms with E-state index in [4.69, 9.17) is 0 Å². The lowest BCUT2D eigenvalue weighted by atomic mass is 10.2. The van der Waals surface area contributed by atoms with E-state index in [1.807, 2.05) is 25.1 Å². The van der Waals surface area contributed by atoms with Crippen LogP contribution in [0.5, 0.6) is 0 Å². The third-order valence-electron chi connectivity index (χ3n) is 2.01. The molecule has 1 aromatic carbocycles. The smallest absolute Gasteiger partial charge is 0.0163 e. The molecular formula is C14H17P. The molecule has 0 aliphatic rings. The Morgan fingerprint density at radius 2 is 1.93 bits per heavy atom. The summed E-state index contributed by atoms with van der Waals surface area (Å²) in [6, 6.07) is 8.32. The zero-order chi connectivity index (χ0) is 10.9. The Hall–Kier alpha value is -1.13. The van der Waals surface area contributed by atoms with Gasteiger partial charge in [0.1, 0.15) is 0 Å². The van der Waals surface area contributed by atoms with Gasteiger partial charge in [0.05, 0.1) is 0 Å². The first-order valence-corrected chi connectivity index (χ1v) is 5.71. The largest absolute Gasteiger partial charge is 0.105 e. The van der Waals surface area contributed by atoms with Crippen molar-refractivity contribution < 1.29 is 0 Å². The molecule has 0 bridgehead atoms. The molecule has 0 heterocycles. The van der Waals surface area contributed by atoms with Gasteiger partial charge >= 0.3 is 0 Å². The SMILES string of the molecule is C/C=C\C=C/C/C=C\c1ccccc1P. The quantitative estimate of drug-likeness (QED) is 0.531. The first kappa shape index (κ1) is 11.9. The fourth-order valence-corrected chi connectivity index (χ4v) is 1.51. The van der Waals surface area contributed by atoms with E-state index in [9.17, 15) is 0 Å². The van der Waals surface area contributed by atoms with Gasteiger partial charge in [-0.3, -0.25) is 0 Å². The summed E-state index contributed by atoms with van der Waals surface area (Å²) >= 11 is 0. The van der Waals surface area contributed by atoms with Gasteiger partial charge in [-0.05, 0) is 24.2 Å². The van der Waals surface area contributed by atoms with Crippen LogP contribution in [-0.2, 0) is 0 Å². The van der Waals surface area contributed by atoms with E-state index >= 15 is 0 Å². The van der Waals surface area contributed by atoms with Crippen molar-refractivity contribution >= 4 is 20.6 Å². The Bertz CT molecular complexity index is 373. The summed E-state index contributed by atoms with van der Waals surface area (Å²) in [4.78, 5) is 0. The number of rotatable bonds is 4. The highest BCUT2D eigenvalue weighted by Crippen LogP contribution is 2.03. The lowest BCUT2D eigenvalue weighted by molar-refractivity contribution is 1.41. The molecule has 0 saturated heterocycles. The van der Waals surface area contributed by atoms with Crippen LogP contribution in [-0.4, -0.2) is 0 Å². The van der Waals surface area contributed by atoms with Gasteiger partial charge in [-0.25, -0.2) is 0 Å². The van der Waals surface area contributed by atoms with Crippen molar-refractivity contribution in [2.75, 3.05) is 0 Å². The predicted octanol–water partition coefficient (Wildman–Crippen LogP) is 3.72. The first-order valence-electron chi connectivity index (χ1n) is 5.13. The third kappa shape index (κ3) is 4.76. The maximum atomic E-state index is 2.75. The van der Waals surface area contributed by atoms with Crippen LogP contribution in [0.25, 0.3) is 6.08 Å². The zero-order valence-electron chi connectivity index (χ0n) is 9.06. The normalized spacial score (nSPS) is 12.1. The van der Waals surface area contributed by atoms with Crippen molar-refractivity contribution in [2.24, 2.45) is 0 Å². The van der Waals surface area contributed by atoms with E-state index < -0.39 is 0 Å². The molecule has 0 aliphatic heterocycles.